The quantitative estimate of drug-likeness (QED) is 0.744. The second-order valence-corrected chi connectivity index (χ2v) is 6.24. The molecule has 4 nitrogen and oxygen atoms in total. The van der Waals surface area contributed by atoms with Crippen LogP contribution in [0.4, 0.5) is 0 Å². The van der Waals surface area contributed by atoms with E-state index in [1.54, 1.807) is 30.8 Å². The number of hydrogen-bond acceptors (Lipinski definition) is 4. The molecule has 0 aliphatic carbocycles. The van der Waals surface area contributed by atoms with E-state index >= 15 is 0 Å². The first-order valence-electron chi connectivity index (χ1n) is 7.66. The number of benzene rings is 1. The lowest BCUT2D eigenvalue weighted by Crippen LogP contribution is -2.25. The molecule has 0 saturated heterocycles. The first kappa shape index (κ1) is 16.2. The predicted octanol–water partition coefficient (Wildman–Crippen LogP) is 3.79. The Bertz CT molecular complexity index is 798. The molecule has 0 spiro atoms. The zero-order valence-electron chi connectivity index (χ0n) is 13.4. The molecule has 0 atom stereocenters. The SMILES string of the molecule is COc1ccc(CCNC(=O)c2cncc(-c3cccs3)c2)cc1. The van der Waals surface area contributed by atoms with Crippen molar-refractivity contribution in [2.45, 2.75) is 6.42 Å². The summed E-state index contributed by atoms with van der Waals surface area (Å²) in [5, 5.41) is 4.95. The van der Waals surface area contributed by atoms with Gasteiger partial charge in [0.1, 0.15) is 5.75 Å². The topological polar surface area (TPSA) is 51.2 Å². The standard InChI is InChI=1S/C19H18N2O2S/c1-23-17-6-4-14(5-7-17)8-9-21-19(22)16-11-15(12-20-13-16)18-3-2-10-24-18/h2-7,10-13H,8-9H2,1H3,(H,21,22). The van der Waals surface area contributed by atoms with Crippen molar-refractivity contribution in [1.29, 1.82) is 0 Å². The highest BCUT2D eigenvalue weighted by Crippen LogP contribution is 2.24. The number of hydrogen-bond donors (Lipinski definition) is 1. The van der Waals surface area contributed by atoms with Crippen LogP contribution in [0.25, 0.3) is 10.4 Å². The summed E-state index contributed by atoms with van der Waals surface area (Å²) in [7, 11) is 1.65. The van der Waals surface area contributed by atoms with Gasteiger partial charge in [0.2, 0.25) is 0 Å². The Kier molecular flexibility index (Phi) is 5.23. The van der Waals surface area contributed by atoms with Crippen molar-refractivity contribution in [3.8, 4) is 16.2 Å². The number of thiophene rings is 1. The third-order valence-corrected chi connectivity index (χ3v) is 4.58. The lowest BCUT2D eigenvalue weighted by Gasteiger charge is -2.07. The number of nitrogens with zero attached hydrogens (tertiary/aromatic N) is 1. The van der Waals surface area contributed by atoms with Crippen LogP contribution in [0.1, 0.15) is 15.9 Å². The first-order chi connectivity index (χ1) is 11.8. The van der Waals surface area contributed by atoms with Crippen LogP contribution < -0.4 is 10.1 Å². The average molecular weight is 338 g/mol. The summed E-state index contributed by atoms with van der Waals surface area (Å²) in [5.74, 6) is 0.730. The monoisotopic (exact) mass is 338 g/mol. The van der Waals surface area contributed by atoms with Gasteiger partial charge in [-0.15, -0.1) is 11.3 Å². The minimum atomic E-state index is -0.102. The molecule has 2 aromatic heterocycles. The van der Waals surface area contributed by atoms with E-state index in [0.29, 0.717) is 12.1 Å². The van der Waals surface area contributed by atoms with Gasteiger partial charge in [0.25, 0.3) is 5.91 Å². The highest BCUT2D eigenvalue weighted by atomic mass is 32.1. The molecule has 3 aromatic rings. The van der Waals surface area contributed by atoms with Crippen molar-refractivity contribution in [3.63, 3.8) is 0 Å². The molecule has 122 valence electrons. The van der Waals surface area contributed by atoms with Gasteiger partial charge in [-0.25, -0.2) is 0 Å². The van der Waals surface area contributed by atoms with E-state index in [4.69, 9.17) is 4.74 Å². The smallest absolute Gasteiger partial charge is 0.252 e. The number of nitrogens with one attached hydrogen (secondary N) is 1. The Balaban J connectivity index is 1.58. The number of aromatic nitrogens is 1. The number of ether oxygens (including phenoxy) is 1. The van der Waals surface area contributed by atoms with Crippen molar-refractivity contribution in [2.24, 2.45) is 0 Å². The molecule has 0 aliphatic rings. The molecule has 24 heavy (non-hydrogen) atoms. The molecule has 1 amide bonds. The Hall–Kier alpha value is -2.66. The number of carbonyl (C=O) groups excluding carboxylic acids is 1. The number of amides is 1. The van der Waals surface area contributed by atoms with Crippen molar-refractivity contribution >= 4 is 17.2 Å². The van der Waals surface area contributed by atoms with Gasteiger partial charge in [-0.3, -0.25) is 9.78 Å². The highest BCUT2D eigenvalue weighted by molar-refractivity contribution is 7.13. The summed E-state index contributed by atoms with van der Waals surface area (Å²) < 4.78 is 5.14. The number of pyridine rings is 1. The maximum atomic E-state index is 12.3. The van der Waals surface area contributed by atoms with Crippen molar-refractivity contribution in [1.82, 2.24) is 10.3 Å². The van der Waals surface area contributed by atoms with Gasteiger partial charge in [-0.1, -0.05) is 18.2 Å². The van der Waals surface area contributed by atoms with Gasteiger partial charge in [0.15, 0.2) is 0 Å². The largest absolute Gasteiger partial charge is 0.497 e. The maximum Gasteiger partial charge on any atom is 0.252 e. The predicted molar refractivity (Wildman–Crippen MR) is 96.6 cm³/mol. The van der Waals surface area contributed by atoms with Crippen LogP contribution in [0.2, 0.25) is 0 Å². The minimum absolute atomic E-state index is 0.102. The van der Waals surface area contributed by atoms with Crippen molar-refractivity contribution < 1.29 is 9.53 Å². The van der Waals surface area contributed by atoms with Crippen molar-refractivity contribution in [2.75, 3.05) is 13.7 Å². The summed E-state index contributed by atoms with van der Waals surface area (Å²) in [4.78, 5) is 17.6. The Morgan fingerprint density at radius 1 is 1.21 bits per heavy atom. The Morgan fingerprint density at radius 3 is 2.75 bits per heavy atom. The number of methoxy groups -OCH3 is 1. The van der Waals surface area contributed by atoms with Gasteiger partial charge >= 0.3 is 0 Å². The number of carbonyl (C=O) groups is 1. The Morgan fingerprint density at radius 2 is 2.04 bits per heavy atom. The second kappa shape index (κ2) is 7.75. The van der Waals surface area contributed by atoms with Gasteiger partial charge in [-0.05, 0) is 41.6 Å². The van der Waals surface area contributed by atoms with E-state index in [1.165, 1.54) is 0 Å². The van der Waals surface area contributed by atoms with Gasteiger partial charge in [-0.2, -0.15) is 0 Å². The van der Waals surface area contributed by atoms with Crippen LogP contribution in [0.3, 0.4) is 0 Å². The lowest BCUT2D eigenvalue weighted by atomic mass is 10.1. The summed E-state index contributed by atoms with van der Waals surface area (Å²) in [6, 6.07) is 13.7. The summed E-state index contributed by atoms with van der Waals surface area (Å²) in [6.07, 6.45) is 4.15. The van der Waals surface area contributed by atoms with Gasteiger partial charge < -0.3 is 10.1 Å². The highest BCUT2D eigenvalue weighted by Gasteiger charge is 2.08. The maximum absolute atomic E-state index is 12.3. The first-order valence-corrected chi connectivity index (χ1v) is 8.54. The third-order valence-electron chi connectivity index (χ3n) is 3.66. The molecule has 0 saturated carbocycles. The molecule has 1 aromatic carbocycles. The zero-order valence-corrected chi connectivity index (χ0v) is 14.2. The van der Waals surface area contributed by atoms with Gasteiger partial charge in [0, 0.05) is 29.4 Å². The normalized spacial score (nSPS) is 10.4. The second-order valence-electron chi connectivity index (χ2n) is 5.29. The summed E-state index contributed by atoms with van der Waals surface area (Å²) >= 11 is 1.63. The number of rotatable bonds is 6. The van der Waals surface area contributed by atoms with Crippen LogP contribution >= 0.6 is 11.3 Å². The fourth-order valence-corrected chi connectivity index (χ4v) is 3.06. The third kappa shape index (κ3) is 4.00. The molecule has 2 heterocycles. The molecule has 3 rings (SSSR count). The molecule has 1 N–H and O–H groups in total. The molecular weight excluding hydrogens is 320 g/mol. The van der Waals surface area contributed by atoms with Crippen LogP contribution in [0, 0.1) is 0 Å². The minimum Gasteiger partial charge on any atom is -0.497 e. The zero-order chi connectivity index (χ0) is 16.8. The van der Waals surface area contributed by atoms with Crippen LogP contribution in [-0.2, 0) is 6.42 Å². The average Bonchev–Trinajstić information content (AvgIpc) is 3.17. The van der Waals surface area contributed by atoms with Gasteiger partial charge in [0.05, 0.1) is 12.7 Å². The van der Waals surface area contributed by atoms with E-state index in [0.717, 1.165) is 28.2 Å². The van der Waals surface area contributed by atoms with E-state index in [1.807, 2.05) is 47.8 Å². The molecule has 0 unspecified atom stereocenters. The fourth-order valence-electron chi connectivity index (χ4n) is 2.36. The fraction of sp³-hybridized carbons (Fsp3) is 0.158. The van der Waals surface area contributed by atoms with Crippen molar-refractivity contribution in [3.05, 3.63) is 71.4 Å². The van der Waals surface area contributed by atoms with E-state index in [-0.39, 0.29) is 5.91 Å². The molecule has 0 radical (unpaired) electrons. The lowest BCUT2D eigenvalue weighted by molar-refractivity contribution is 0.0954. The van der Waals surface area contributed by atoms with Crippen LogP contribution in [-0.4, -0.2) is 24.5 Å². The summed E-state index contributed by atoms with van der Waals surface area (Å²) in [5.41, 5.74) is 2.70. The van der Waals surface area contributed by atoms with E-state index < -0.39 is 0 Å². The van der Waals surface area contributed by atoms with Crippen LogP contribution in [0.5, 0.6) is 5.75 Å². The molecule has 0 aliphatic heterocycles. The molecule has 0 fully saturated rings. The summed E-state index contributed by atoms with van der Waals surface area (Å²) in [6.45, 7) is 0.578. The van der Waals surface area contributed by atoms with E-state index in [9.17, 15) is 4.79 Å². The molecular formula is C19H18N2O2S. The van der Waals surface area contributed by atoms with Crippen LogP contribution in [0.15, 0.2) is 60.2 Å². The molecule has 5 heteroatoms. The molecule has 0 bridgehead atoms. The van der Waals surface area contributed by atoms with E-state index in [2.05, 4.69) is 10.3 Å². The Labute approximate surface area is 145 Å².